The summed E-state index contributed by atoms with van der Waals surface area (Å²) in [6.07, 6.45) is 7.37. The van der Waals surface area contributed by atoms with E-state index in [1.807, 2.05) is 4.90 Å². The van der Waals surface area contributed by atoms with E-state index in [0.717, 1.165) is 25.7 Å². The summed E-state index contributed by atoms with van der Waals surface area (Å²) in [5.41, 5.74) is 0.131. The minimum atomic E-state index is -3.57. The molecule has 1 amide bonds. The van der Waals surface area contributed by atoms with Gasteiger partial charge < -0.3 is 14.9 Å². The van der Waals surface area contributed by atoms with Gasteiger partial charge in [0.15, 0.2) is 0 Å². The fourth-order valence-electron chi connectivity index (χ4n) is 5.51. The van der Waals surface area contributed by atoms with Crippen molar-refractivity contribution in [3.8, 4) is 0 Å². The maximum atomic E-state index is 12.5. The first-order valence-electron chi connectivity index (χ1n) is 11.9. The lowest BCUT2D eigenvalue weighted by Crippen LogP contribution is -2.52. The van der Waals surface area contributed by atoms with E-state index >= 15 is 0 Å². The Labute approximate surface area is 204 Å². The predicted molar refractivity (Wildman–Crippen MR) is 128 cm³/mol. The number of amides is 1. The predicted octanol–water partition coefficient (Wildman–Crippen LogP) is 1.67. The van der Waals surface area contributed by atoms with Crippen LogP contribution in [0.1, 0.15) is 57.8 Å². The van der Waals surface area contributed by atoms with Gasteiger partial charge in [-0.2, -0.15) is 23.0 Å². The van der Waals surface area contributed by atoms with Crippen molar-refractivity contribution in [3.63, 3.8) is 0 Å². The van der Waals surface area contributed by atoms with Crippen molar-refractivity contribution in [2.45, 2.75) is 82.0 Å². The third-order valence-electron chi connectivity index (χ3n) is 7.27. The Morgan fingerprint density at radius 2 is 1.71 bits per heavy atom. The molecule has 3 fully saturated rings. The summed E-state index contributed by atoms with van der Waals surface area (Å²) in [5, 5.41) is 14.1. The molecule has 1 aliphatic heterocycles. The Morgan fingerprint density at radius 1 is 1.09 bits per heavy atom. The van der Waals surface area contributed by atoms with Gasteiger partial charge in [0.1, 0.15) is 5.02 Å². The Kier molecular flexibility index (Phi) is 7.70. The summed E-state index contributed by atoms with van der Waals surface area (Å²) in [7, 11) is -2.04. The van der Waals surface area contributed by atoms with Gasteiger partial charge in [-0.1, -0.05) is 24.4 Å². The summed E-state index contributed by atoms with van der Waals surface area (Å²) < 4.78 is 31.6. The smallest absolute Gasteiger partial charge is 0.407 e. The van der Waals surface area contributed by atoms with Crippen molar-refractivity contribution >= 4 is 33.6 Å². The third-order valence-corrected chi connectivity index (χ3v) is 8.91. The molecule has 4 rings (SSSR count). The molecule has 0 unspecified atom stereocenters. The van der Waals surface area contributed by atoms with E-state index in [2.05, 4.69) is 14.5 Å². The number of nitrogens with zero attached hydrogens (tertiary/aromatic N) is 4. The van der Waals surface area contributed by atoms with E-state index < -0.39 is 16.3 Å². The maximum Gasteiger partial charge on any atom is 0.407 e. The molecule has 13 heteroatoms. The van der Waals surface area contributed by atoms with Gasteiger partial charge in [-0.3, -0.25) is 4.79 Å². The lowest BCUT2D eigenvalue weighted by molar-refractivity contribution is 0.0859. The molecule has 0 radical (unpaired) electrons. The van der Waals surface area contributed by atoms with Crippen LogP contribution in [0.4, 0.5) is 10.5 Å². The molecule has 34 heavy (non-hydrogen) atoms. The zero-order chi connectivity index (χ0) is 24.5. The van der Waals surface area contributed by atoms with E-state index in [4.69, 9.17) is 11.6 Å². The van der Waals surface area contributed by atoms with Gasteiger partial charge in [-0.25, -0.2) is 9.48 Å². The molecule has 3 aliphatic rings. The molecule has 2 aliphatic carbocycles. The van der Waals surface area contributed by atoms with Gasteiger partial charge >= 0.3 is 6.09 Å². The molecule has 0 aromatic carbocycles. The van der Waals surface area contributed by atoms with Crippen LogP contribution >= 0.6 is 11.6 Å². The van der Waals surface area contributed by atoms with Gasteiger partial charge in [0.05, 0.1) is 17.9 Å². The summed E-state index contributed by atoms with van der Waals surface area (Å²) in [6.45, 7) is 1.00. The average Bonchev–Trinajstić information content (AvgIpc) is 3.45. The Hall–Kier alpha value is -1.89. The molecule has 2 heterocycles. The van der Waals surface area contributed by atoms with E-state index in [9.17, 15) is 23.1 Å². The number of carboxylic acid groups (broad SMARTS) is 1. The Bertz CT molecular complexity index is 1050. The van der Waals surface area contributed by atoms with Gasteiger partial charge in [0, 0.05) is 38.3 Å². The quantitative estimate of drug-likeness (QED) is 0.501. The van der Waals surface area contributed by atoms with Crippen molar-refractivity contribution in [1.29, 1.82) is 0 Å². The first kappa shape index (κ1) is 25.2. The molecule has 0 spiro atoms. The van der Waals surface area contributed by atoms with E-state index in [0.29, 0.717) is 50.9 Å². The number of halogens is 1. The highest BCUT2D eigenvalue weighted by Crippen LogP contribution is 2.31. The summed E-state index contributed by atoms with van der Waals surface area (Å²) >= 11 is 6.23. The number of rotatable bonds is 7. The van der Waals surface area contributed by atoms with Crippen LogP contribution in [-0.2, 0) is 17.3 Å². The number of nitrogens with one attached hydrogen (secondary N) is 2. The fourth-order valence-corrected chi connectivity index (χ4v) is 7.22. The lowest BCUT2D eigenvalue weighted by Gasteiger charge is -2.38. The summed E-state index contributed by atoms with van der Waals surface area (Å²) in [4.78, 5) is 27.7. The highest BCUT2D eigenvalue weighted by atomic mass is 35.5. The zero-order valence-electron chi connectivity index (χ0n) is 19.3. The molecule has 0 bridgehead atoms. The molecule has 1 saturated heterocycles. The minimum absolute atomic E-state index is 0.00942. The molecule has 2 saturated carbocycles. The van der Waals surface area contributed by atoms with Crippen LogP contribution < -0.4 is 19.9 Å². The summed E-state index contributed by atoms with van der Waals surface area (Å²) in [5.74, 6) is 0. The average molecular weight is 517 g/mol. The number of hydrogen-bond donors (Lipinski definition) is 3. The van der Waals surface area contributed by atoms with Crippen molar-refractivity contribution < 1.29 is 18.3 Å². The molecular weight excluding hydrogens is 484 g/mol. The van der Waals surface area contributed by atoms with Crippen molar-refractivity contribution in [1.82, 2.24) is 24.1 Å². The molecule has 11 nitrogen and oxygen atoms in total. The molecule has 1 aromatic heterocycles. The highest BCUT2D eigenvalue weighted by molar-refractivity contribution is 7.87. The topological polar surface area (TPSA) is 137 Å². The van der Waals surface area contributed by atoms with E-state index in [1.165, 1.54) is 22.8 Å². The van der Waals surface area contributed by atoms with E-state index in [-0.39, 0.29) is 34.7 Å². The van der Waals surface area contributed by atoms with Crippen molar-refractivity contribution in [3.05, 3.63) is 21.6 Å². The van der Waals surface area contributed by atoms with Crippen LogP contribution in [0.25, 0.3) is 0 Å². The summed E-state index contributed by atoms with van der Waals surface area (Å²) in [6, 6.07) is -0.602. The molecule has 1 aromatic rings. The van der Waals surface area contributed by atoms with Crippen LogP contribution in [0.5, 0.6) is 0 Å². The van der Waals surface area contributed by atoms with Crippen LogP contribution in [0.15, 0.2) is 11.0 Å². The Balaban J connectivity index is 1.34. The maximum absolute atomic E-state index is 12.5. The van der Waals surface area contributed by atoms with Gasteiger partial charge in [-0.05, 0) is 44.9 Å². The molecular formula is C21H33ClN6O5S. The lowest BCUT2D eigenvalue weighted by atomic mass is 9.90. The first-order valence-corrected chi connectivity index (χ1v) is 13.8. The fraction of sp³-hybridized carbons (Fsp3) is 0.762. The second-order valence-corrected chi connectivity index (χ2v) is 11.4. The minimum Gasteiger partial charge on any atom is -0.465 e. The largest absolute Gasteiger partial charge is 0.465 e. The third kappa shape index (κ3) is 5.67. The van der Waals surface area contributed by atoms with Crippen LogP contribution in [0.2, 0.25) is 5.02 Å². The molecule has 190 valence electrons. The first-order chi connectivity index (χ1) is 16.1. The van der Waals surface area contributed by atoms with Crippen LogP contribution in [0.3, 0.4) is 0 Å². The molecule has 3 N–H and O–H groups in total. The zero-order valence-corrected chi connectivity index (χ0v) is 20.9. The van der Waals surface area contributed by atoms with Crippen molar-refractivity contribution in [2.24, 2.45) is 7.05 Å². The number of carbonyl (C=O) groups is 1. The number of aromatic nitrogens is 2. The normalized spacial score (nSPS) is 26.2. The van der Waals surface area contributed by atoms with Crippen molar-refractivity contribution in [2.75, 3.05) is 18.0 Å². The molecule has 1 atom stereocenters. The second-order valence-electron chi connectivity index (χ2n) is 9.58. The van der Waals surface area contributed by atoms with Gasteiger partial charge in [0.2, 0.25) is 0 Å². The second kappa shape index (κ2) is 10.4. The SMILES string of the molecule is Cn1ncc(N2CC[C@@H](N(C(=O)O)C3CCC(NS(=O)(=O)NC4CCCC4)CC3)C2)c(Cl)c1=O. The number of anilines is 1. The van der Waals surface area contributed by atoms with Gasteiger partial charge in [-0.15, -0.1) is 0 Å². The highest BCUT2D eigenvalue weighted by Gasteiger charge is 2.38. The monoisotopic (exact) mass is 516 g/mol. The van der Waals surface area contributed by atoms with Gasteiger partial charge in [0.25, 0.3) is 15.8 Å². The Morgan fingerprint density at radius 3 is 2.32 bits per heavy atom. The van der Waals surface area contributed by atoms with E-state index in [1.54, 1.807) is 0 Å². The standard InChI is InChI=1S/C21H33ClN6O5S/c1-26-20(29)19(22)18(12-23-26)27-11-10-17(13-27)28(21(30)31)16-8-6-15(7-9-16)25-34(32,33)24-14-4-2-3-5-14/h12,14-17,24-25H,2-11,13H2,1H3,(H,30,31)/t15?,16?,17-/m1/s1. The number of aryl methyl sites for hydroxylation is 1. The van der Waals surface area contributed by atoms with Crippen LogP contribution in [-0.4, -0.2) is 71.6 Å². The number of hydrogen-bond acceptors (Lipinski definition) is 6. The van der Waals surface area contributed by atoms with Crippen LogP contribution in [0, 0.1) is 0 Å².